The lowest BCUT2D eigenvalue weighted by Gasteiger charge is -2.23. The van der Waals surface area contributed by atoms with Crippen molar-refractivity contribution in [2.45, 2.75) is 25.4 Å². The molecule has 0 fully saturated rings. The first-order valence-corrected chi connectivity index (χ1v) is 7.33. The molecular weight excluding hydrogens is 333 g/mol. The summed E-state index contributed by atoms with van der Waals surface area (Å²) in [5.41, 5.74) is 0.466. The number of hydrogen-bond donors (Lipinski definition) is 0. The molecule has 0 aromatic carbocycles. The summed E-state index contributed by atoms with van der Waals surface area (Å²) < 4.78 is 44.5. The minimum absolute atomic E-state index is 0.0527. The summed E-state index contributed by atoms with van der Waals surface area (Å²) in [5, 5.41) is 0.386. The van der Waals surface area contributed by atoms with Gasteiger partial charge in [-0.3, -0.25) is 0 Å². The van der Waals surface area contributed by atoms with E-state index in [0.717, 1.165) is 0 Å². The number of hydrogen-bond acceptors (Lipinski definition) is 3. The largest absolute Gasteiger partial charge is 0.427 e. The van der Waals surface area contributed by atoms with Crippen LogP contribution in [0.3, 0.4) is 0 Å². The maximum Gasteiger partial charge on any atom is 0.392 e. The number of allylic oxidation sites excluding steroid dienone is 2. The normalized spacial score (nSPS) is 18.8. The van der Waals surface area contributed by atoms with Gasteiger partial charge in [-0.25, -0.2) is 9.78 Å². The van der Waals surface area contributed by atoms with Gasteiger partial charge < -0.3 is 9.14 Å². The van der Waals surface area contributed by atoms with E-state index in [9.17, 15) is 18.0 Å². The molecule has 0 spiro atoms. The molecule has 2 aromatic heterocycles. The lowest BCUT2D eigenvalue weighted by molar-refractivity contribution is -0.176. The Morgan fingerprint density at radius 2 is 2.22 bits per heavy atom. The van der Waals surface area contributed by atoms with Crippen molar-refractivity contribution in [3.05, 3.63) is 47.1 Å². The molecule has 0 N–H and O–H groups in total. The number of pyridine rings is 1. The maximum absolute atomic E-state index is 12.6. The van der Waals surface area contributed by atoms with E-state index in [1.165, 1.54) is 12.3 Å². The number of rotatable bonds is 2. The fraction of sp³-hybridized carbons (Fsp3) is 0.333. The number of ether oxygens (including phenoxy) is 1. The number of nitrogens with zero attached hydrogens (tertiary/aromatic N) is 2. The minimum Gasteiger partial charge on any atom is -0.427 e. The van der Waals surface area contributed by atoms with Gasteiger partial charge in [-0.15, -0.1) is 0 Å². The number of alkyl halides is 3. The van der Waals surface area contributed by atoms with Gasteiger partial charge in [0.05, 0.1) is 10.9 Å². The molecule has 23 heavy (non-hydrogen) atoms. The van der Waals surface area contributed by atoms with E-state index in [1.54, 1.807) is 22.7 Å². The van der Waals surface area contributed by atoms with E-state index in [1.807, 2.05) is 0 Å². The Kier molecular flexibility index (Phi) is 4.06. The summed E-state index contributed by atoms with van der Waals surface area (Å²) >= 11 is 5.97. The molecule has 1 aliphatic rings. The first-order valence-electron chi connectivity index (χ1n) is 6.96. The van der Waals surface area contributed by atoms with Gasteiger partial charge in [0.25, 0.3) is 0 Å². The van der Waals surface area contributed by atoms with Crippen LogP contribution in [0, 0.1) is 5.92 Å². The summed E-state index contributed by atoms with van der Waals surface area (Å²) in [6.45, 7) is 0. The quantitative estimate of drug-likeness (QED) is 0.759. The second-order valence-corrected chi connectivity index (χ2v) is 5.69. The van der Waals surface area contributed by atoms with Crippen LogP contribution < -0.4 is 0 Å². The standard InChI is InChI=1S/C15H12ClF3N2O2/c16-11-2-1-7-21-8-12(20-13(11)21)14(22)23-10-5-3-9(4-6-10)15(17,18)19/h1-2,5,7-9H,3-4,6H2/t9-/m1/s1. The van der Waals surface area contributed by atoms with Crippen molar-refractivity contribution in [2.24, 2.45) is 5.92 Å². The van der Waals surface area contributed by atoms with Crippen LogP contribution in [-0.2, 0) is 4.74 Å². The van der Waals surface area contributed by atoms with Crippen LogP contribution in [0.4, 0.5) is 13.2 Å². The third-order valence-electron chi connectivity index (χ3n) is 3.70. The van der Waals surface area contributed by atoms with Crippen molar-refractivity contribution < 1.29 is 22.7 Å². The van der Waals surface area contributed by atoms with Crippen LogP contribution in [0.5, 0.6) is 0 Å². The fourth-order valence-corrected chi connectivity index (χ4v) is 2.66. The number of esters is 1. The molecule has 122 valence electrons. The number of carbonyl (C=O) groups excluding carboxylic acids is 1. The number of imidazole rings is 1. The average molecular weight is 345 g/mol. The Hall–Kier alpha value is -2.02. The van der Waals surface area contributed by atoms with Gasteiger partial charge in [0.2, 0.25) is 0 Å². The van der Waals surface area contributed by atoms with E-state index >= 15 is 0 Å². The molecule has 0 saturated heterocycles. The molecule has 4 nitrogen and oxygen atoms in total. The lowest BCUT2D eigenvalue weighted by atomic mass is 9.93. The van der Waals surface area contributed by atoms with Crippen LogP contribution in [0.15, 0.2) is 36.4 Å². The zero-order valence-corrected chi connectivity index (χ0v) is 12.6. The molecule has 0 aliphatic heterocycles. The van der Waals surface area contributed by atoms with E-state index < -0.39 is 18.1 Å². The summed E-state index contributed by atoms with van der Waals surface area (Å²) in [4.78, 5) is 16.1. The van der Waals surface area contributed by atoms with Crippen LogP contribution in [0.25, 0.3) is 5.65 Å². The number of carbonyl (C=O) groups is 1. The molecule has 3 rings (SSSR count). The highest BCUT2D eigenvalue weighted by molar-refractivity contribution is 6.33. The zero-order chi connectivity index (χ0) is 16.6. The summed E-state index contributed by atoms with van der Waals surface area (Å²) in [7, 11) is 0. The number of halogens is 4. The first-order chi connectivity index (χ1) is 10.8. The zero-order valence-electron chi connectivity index (χ0n) is 11.8. The fourth-order valence-electron chi connectivity index (χ4n) is 2.45. The van der Waals surface area contributed by atoms with Gasteiger partial charge in [-0.1, -0.05) is 11.6 Å². The Balaban J connectivity index is 1.72. The Morgan fingerprint density at radius 1 is 1.43 bits per heavy atom. The van der Waals surface area contributed by atoms with Crippen molar-refractivity contribution in [3.8, 4) is 0 Å². The molecule has 1 aliphatic carbocycles. The monoisotopic (exact) mass is 344 g/mol. The Morgan fingerprint density at radius 3 is 2.83 bits per heavy atom. The molecule has 0 amide bonds. The summed E-state index contributed by atoms with van der Waals surface area (Å²) in [6.07, 6.45) is 0.0593. The maximum atomic E-state index is 12.6. The molecule has 8 heteroatoms. The second-order valence-electron chi connectivity index (χ2n) is 5.29. The third-order valence-corrected chi connectivity index (χ3v) is 4.00. The molecular formula is C15H12ClF3N2O2. The highest BCUT2D eigenvalue weighted by Gasteiger charge is 2.40. The predicted octanol–water partition coefficient (Wildman–Crippen LogP) is 4.39. The summed E-state index contributed by atoms with van der Waals surface area (Å²) in [5.74, 6) is -1.83. The molecule has 2 aromatic rings. The second kappa shape index (κ2) is 5.88. The SMILES string of the molecule is O=C(OC1=CC[C@@H](C(F)(F)F)CC1)c1cn2cccc(Cl)c2n1. The van der Waals surface area contributed by atoms with Crippen LogP contribution in [-0.4, -0.2) is 21.5 Å². The number of aromatic nitrogens is 2. The minimum atomic E-state index is -4.22. The highest BCUT2D eigenvalue weighted by atomic mass is 35.5. The third kappa shape index (κ3) is 3.34. The van der Waals surface area contributed by atoms with Crippen molar-refractivity contribution in [1.82, 2.24) is 9.38 Å². The van der Waals surface area contributed by atoms with Gasteiger partial charge in [0.15, 0.2) is 11.3 Å². The van der Waals surface area contributed by atoms with Crippen molar-refractivity contribution in [3.63, 3.8) is 0 Å². The molecule has 1 atom stereocenters. The van der Waals surface area contributed by atoms with Crippen molar-refractivity contribution in [2.75, 3.05) is 0 Å². The van der Waals surface area contributed by atoms with Gasteiger partial charge in [-0.2, -0.15) is 13.2 Å². The number of fused-ring (bicyclic) bond motifs is 1. The van der Waals surface area contributed by atoms with Gasteiger partial charge in [-0.05, 0) is 31.1 Å². The van der Waals surface area contributed by atoms with Crippen molar-refractivity contribution in [1.29, 1.82) is 0 Å². The van der Waals surface area contributed by atoms with Crippen LogP contribution in [0.1, 0.15) is 29.8 Å². The van der Waals surface area contributed by atoms with Gasteiger partial charge in [0.1, 0.15) is 5.76 Å². The first kappa shape index (κ1) is 15.9. The molecule has 2 heterocycles. The smallest absolute Gasteiger partial charge is 0.392 e. The molecule has 0 unspecified atom stereocenters. The van der Waals surface area contributed by atoms with Crippen molar-refractivity contribution >= 4 is 23.2 Å². The van der Waals surface area contributed by atoms with Gasteiger partial charge in [0, 0.05) is 18.8 Å². The Labute approximate surface area is 134 Å². The molecule has 0 bridgehead atoms. The van der Waals surface area contributed by atoms with Crippen LogP contribution >= 0.6 is 11.6 Å². The Bertz CT molecular complexity index is 783. The predicted molar refractivity (Wildman–Crippen MR) is 77.1 cm³/mol. The highest BCUT2D eigenvalue weighted by Crippen LogP contribution is 2.37. The van der Waals surface area contributed by atoms with Gasteiger partial charge >= 0.3 is 12.1 Å². The van der Waals surface area contributed by atoms with E-state index in [2.05, 4.69) is 4.98 Å². The average Bonchev–Trinajstić information content (AvgIpc) is 2.92. The molecule has 0 radical (unpaired) electrons. The topological polar surface area (TPSA) is 43.6 Å². The van der Waals surface area contributed by atoms with E-state index in [4.69, 9.17) is 16.3 Å². The lowest BCUT2D eigenvalue weighted by Crippen LogP contribution is -2.25. The molecule has 0 saturated carbocycles. The van der Waals surface area contributed by atoms with E-state index in [-0.39, 0.29) is 30.7 Å². The van der Waals surface area contributed by atoms with Crippen LogP contribution in [0.2, 0.25) is 5.02 Å². The summed E-state index contributed by atoms with van der Waals surface area (Å²) in [6, 6.07) is 3.34. The van der Waals surface area contributed by atoms with E-state index in [0.29, 0.717) is 10.7 Å².